The van der Waals surface area contributed by atoms with Gasteiger partial charge >= 0.3 is 17.9 Å². The van der Waals surface area contributed by atoms with Gasteiger partial charge < -0.3 is 14.2 Å². The van der Waals surface area contributed by atoms with Crippen molar-refractivity contribution in [2.75, 3.05) is 13.2 Å². The van der Waals surface area contributed by atoms with Gasteiger partial charge in [-0.15, -0.1) is 0 Å². The van der Waals surface area contributed by atoms with Gasteiger partial charge in [0, 0.05) is 19.3 Å². The van der Waals surface area contributed by atoms with Crippen molar-refractivity contribution < 1.29 is 28.6 Å². The van der Waals surface area contributed by atoms with Gasteiger partial charge in [-0.1, -0.05) is 184 Å². The van der Waals surface area contributed by atoms with Gasteiger partial charge in [0.15, 0.2) is 6.10 Å². The fourth-order valence-electron chi connectivity index (χ4n) is 6.33. The van der Waals surface area contributed by atoms with Gasteiger partial charge in [0.1, 0.15) is 13.2 Å². The maximum absolute atomic E-state index is 12.7. The molecule has 57 heavy (non-hydrogen) atoms. The standard InChI is InChI=1S/C51H88O6/c1-4-7-10-13-16-19-22-23-24-25-26-27-28-30-32-35-38-41-44-50(53)56-47-48(46-55-49(52)43-40-37-34-31-21-18-15-12-9-6-3)57-51(54)45-42-39-36-33-29-20-17-14-11-8-5-2/h14-15,17-18,20,24-27,29,48H,4-13,16,19,21-23,28,30-47H2,1-3H3/b17-14-,18-15-,25-24-,27-26-,29-20-. The summed E-state index contributed by atoms with van der Waals surface area (Å²) in [5.74, 6) is -0.956. The lowest BCUT2D eigenvalue weighted by Crippen LogP contribution is -2.30. The Hall–Kier alpha value is -2.89. The fourth-order valence-corrected chi connectivity index (χ4v) is 6.33. The van der Waals surface area contributed by atoms with Gasteiger partial charge in [-0.3, -0.25) is 14.4 Å². The molecule has 6 nitrogen and oxygen atoms in total. The first-order valence-electron chi connectivity index (χ1n) is 23.8. The Morgan fingerprint density at radius 1 is 0.351 bits per heavy atom. The lowest BCUT2D eigenvalue weighted by Gasteiger charge is -2.18. The largest absolute Gasteiger partial charge is 0.462 e. The van der Waals surface area contributed by atoms with Crippen LogP contribution in [0.1, 0.15) is 226 Å². The van der Waals surface area contributed by atoms with Crippen molar-refractivity contribution in [3.63, 3.8) is 0 Å². The topological polar surface area (TPSA) is 78.9 Å². The number of hydrogen-bond donors (Lipinski definition) is 0. The highest BCUT2D eigenvalue weighted by molar-refractivity contribution is 5.71. The third-order valence-corrected chi connectivity index (χ3v) is 10.0. The Balaban J connectivity index is 4.39. The minimum atomic E-state index is -0.796. The summed E-state index contributed by atoms with van der Waals surface area (Å²) in [6.07, 6.45) is 54.9. The van der Waals surface area contributed by atoms with Crippen LogP contribution in [0.3, 0.4) is 0 Å². The zero-order valence-corrected chi connectivity index (χ0v) is 37.3. The van der Waals surface area contributed by atoms with Gasteiger partial charge in [-0.05, 0) is 83.5 Å². The molecule has 1 unspecified atom stereocenters. The third kappa shape index (κ3) is 44.1. The van der Waals surface area contributed by atoms with E-state index in [1.165, 1.54) is 77.0 Å². The maximum atomic E-state index is 12.7. The molecular formula is C51H88O6. The van der Waals surface area contributed by atoms with E-state index < -0.39 is 6.10 Å². The van der Waals surface area contributed by atoms with E-state index in [0.717, 1.165) is 109 Å². The molecule has 0 spiro atoms. The number of carbonyl (C=O) groups is 3. The summed E-state index contributed by atoms with van der Waals surface area (Å²) in [5.41, 5.74) is 0. The third-order valence-electron chi connectivity index (χ3n) is 10.0. The highest BCUT2D eigenvalue weighted by atomic mass is 16.6. The van der Waals surface area contributed by atoms with Crippen LogP contribution in [0, 0.1) is 0 Å². The van der Waals surface area contributed by atoms with Gasteiger partial charge in [-0.25, -0.2) is 0 Å². The maximum Gasteiger partial charge on any atom is 0.306 e. The molecule has 0 amide bonds. The van der Waals surface area contributed by atoms with Crippen LogP contribution in [0.2, 0.25) is 0 Å². The van der Waals surface area contributed by atoms with Crippen LogP contribution in [0.4, 0.5) is 0 Å². The molecule has 0 aromatic heterocycles. The number of hydrogen-bond acceptors (Lipinski definition) is 6. The second kappa shape index (κ2) is 45.8. The van der Waals surface area contributed by atoms with Gasteiger partial charge in [0.2, 0.25) is 0 Å². The lowest BCUT2D eigenvalue weighted by molar-refractivity contribution is -0.167. The predicted octanol–water partition coefficient (Wildman–Crippen LogP) is 15.3. The first-order valence-corrected chi connectivity index (χ1v) is 23.8. The van der Waals surface area contributed by atoms with Crippen molar-refractivity contribution in [2.24, 2.45) is 0 Å². The molecule has 0 aliphatic carbocycles. The van der Waals surface area contributed by atoms with Crippen molar-refractivity contribution in [3.8, 4) is 0 Å². The van der Waals surface area contributed by atoms with Crippen molar-refractivity contribution in [1.82, 2.24) is 0 Å². The number of allylic oxidation sites excluding steroid dienone is 10. The molecule has 0 fully saturated rings. The van der Waals surface area contributed by atoms with Crippen LogP contribution in [-0.4, -0.2) is 37.2 Å². The summed E-state index contributed by atoms with van der Waals surface area (Å²) in [5, 5.41) is 0. The zero-order chi connectivity index (χ0) is 41.5. The predicted molar refractivity (Wildman–Crippen MR) is 242 cm³/mol. The molecule has 0 rings (SSSR count). The number of rotatable bonds is 42. The van der Waals surface area contributed by atoms with Crippen molar-refractivity contribution in [2.45, 2.75) is 232 Å². The Bertz CT molecular complexity index is 1050. The molecule has 0 aliphatic heterocycles. The van der Waals surface area contributed by atoms with Crippen molar-refractivity contribution in [3.05, 3.63) is 60.8 Å². The Morgan fingerprint density at radius 2 is 0.649 bits per heavy atom. The second-order valence-electron chi connectivity index (χ2n) is 15.7. The molecule has 0 saturated heterocycles. The minimum Gasteiger partial charge on any atom is -0.462 e. The molecule has 0 heterocycles. The van der Waals surface area contributed by atoms with E-state index in [-0.39, 0.29) is 31.1 Å². The van der Waals surface area contributed by atoms with Crippen LogP contribution in [-0.2, 0) is 28.6 Å². The van der Waals surface area contributed by atoms with E-state index in [2.05, 4.69) is 81.5 Å². The van der Waals surface area contributed by atoms with Crippen LogP contribution in [0.25, 0.3) is 0 Å². The molecule has 328 valence electrons. The van der Waals surface area contributed by atoms with E-state index >= 15 is 0 Å². The molecule has 6 heteroatoms. The molecule has 0 bridgehead atoms. The Kier molecular flexibility index (Phi) is 43.5. The van der Waals surface area contributed by atoms with Gasteiger partial charge in [0.25, 0.3) is 0 Å². The normalized spacial score (nSPS) is 12.5. The summed E-state index contributed by atoms with van der Waals surface area (Å²) < 4.78 is 16.7. The van der Waals surface area contributed by atoms with Gasteiger partial charge in [0.05, 0.1) is 0 Å². The Labute approximate surface area is 351 Å². The van der Waals surface area contributed by atoms with E-state index in [4.69, 9.17) is 14.2 Å². The molecule has 0 aromatic carbocycles. The first kappa shape index (κ1) is 54.1. The van der Waals surface area contributed by atoms with Crippen molar-refractivity contribution >= 4 is 17.9 Å². The Morgan fingerprint density at radius 3 is 1.07 bits per heavy atom. The quantitative estimate of drug-likeness (QED) is 0.0201. The van der Waals surface area contributed by atoms with Crippen LogP contribution < -0.4 is 0 Å². The zero-order valence-electron chi connectivity index (χ0n) is 37.3. The molecule has 0 radical (unpaired) electrons. The lowest BCUT2D eigenvalue weighted by atomic mass is 10.1. The molecular weight excluding hydrogens is 709 g/mol. The highest BCUT2D eigenvalue weighted by Gasteiger charge is 2.19. The smallest absolute Gasteiger partial charge is 0.306 e. The van der Waals surface area contributed by atoms with Crippen LogP contribution in [0.15, 0.2) is 60.8 Å². The second-order valence-corrected chi connectivity index (χ2v) is 15.7. The van der Waals surface area contributed by atoms with Crippen LogP contribution in [0.5, 0.6) is 0 Å². The van der Waals surface area contributed by atoms with Crippen LogP contribution >= 0.6 is 0 Å². The summed E-state index contributed by atoms with van der Waals surface area (Å²) in [6, 6.07) is 0. The molecule has 0 aliphatic rings. The molecule has 1 atom stereocenters. The number of ether oxygens (including phenoxy) is 3. The highest BCUT2D eigenvalue weighted by Crippen LogP contribution is 2.13. The summed E-state index contributed by atoms with van der Waals surface area (Å²) in [7, 11) is 0. The monoisotopic (exact) mass is 797 g/mol. The average molecular weight is 797 g/mol. The average Bonchev–Trinajstić information content (AvgIpc) is 3.21. The van der Waals surface area contributed by atoms with Gasteiger partial charge in [-0.2, -0.15) is 0 Å². The first-order chi connectivity index (χ1) is 28.0. The SMILES string of the molecule is CCCC/C=C\C=C/CCCCCC(=O)OC(COC(=O)CCCCCC/C=C\CCCC)COC(=O)CCCCCCC/C=C\C=C/CCCCCCCCC. The van der Waals surface area contributed by atoms with E-state index in [1.54, 1.807) is 0 Å². The van der Waals surface area contributed by atoms with Crippen molar-refractivity contribution in [1.29, 1.82) is 0 Å². The van der Waals surface area contributed by atoms with E-state index in [1.807, 2.05) is 0 Å². The minimum absolute atomic E-state index is 0.0968. The van der Waals surface area contributed by atoms with E-state index in [0.29, 0.717) is 19.3 Å². The molecule has 0 N–H and O–H groups in total. The summed E-state index contributed by atoms with van der Waals surface area (Å²) in [4.78, 5) is 37.7. The molecule has 0 aromatic rings. The fraction of sp³-hybridized carbons (Fsp3) is 0.745. The number of carbonyl (C=O) groups excluding carboxylic acids is 3. The summed E-state index contributed by atoms with van der Waals surface area (Å²) >= 11 is 0. The number of unbranched alkanes of at least 4 members (excludes halogenated alkanes) is 23. The van der Waals surface area contributed by atoms with E-state index in [9.17, 15) is 14.4 Å². The number of esters is 3. The molecule has 0 saturated carbocycles. The summed E-state index contributed by atoms with van der Waals surface area (Å²) in [6.45, 7) is 6.48.